The summed E-state index contributed by atoms with van der Waals surface area (Å²) in [5.41, 5.74) is 3.24. The smallest absolute Gasteiger partial charge is 0.240 e. The third-order valence-electron chi connectivity index (χ3n) is 3.57. The Bertz CT molecular complexity index is 953. The van der Waals surface area contributed by atoms with Crippen molar-refractivity contribution >= 4 is 10.0 Å². The van der Waals surface area contributed by atoms with E-state index in [0.29, 0.717) is 5.56 Å². The van der Waals surface area contributed by atoms with Crippen molar-refractivity contribution in [2.75, 3.05) is 0 Å². The van der Waals surface area contributed by atoms with E-state index >= 15 is 0 Å². The summed E-state index contributed by atoms with van der Waals surface area (Å²) in [6.45, 7) is 0.188. The minimum Gasteiger partial charge on any atom is -0.472 e. The quantitative estimate of drug-likeness (QED) is 0.774. The van der Waals surface area contributed by atoms with Gasteiger partial charge in [-0.15, -0.1) is 0 Å². The van der Waals surface area contributed by atoms with E-state index in [9.17, 15) is 8.42 Å². The monoisotopic (exact) mass is 338 g/mol. The number of hydrogen-bond acceptors (Lipinski definition) is 4. The van der Waals surface area contributed by atoms with Crippen LogP contribution in [-0.4, -0.2) is 8.42 Å². The zero-order valence-corrected chi connectivity index (χ0v) is 13.5. The lowest BCUT2D eigenvalue weighted by Crippen LogP contribution is -2.23. The van der Waals surface area contributed by atoms with E-state index in [4.69, 9.17) is 9.68 Å². The van der Waals surface area contributed by atoms with Crippen LogP contribution in [-0.2, 0) is 16.6 Å². The van der Waals surface area contributed by atoms with Crippen LogP contribution in [0.1, 0.15) is 11.1 Å². The minimum absolute atomic E-state index is 0.136. The van der Waals surface area contributed by atoms with Gasteiger partial charge in [-0.05, 0) is 41.5 Å². The molecule has 0 unspecified atom stereocenters. The molecule has 0 aliphatic carbocycles. The van der Waals surface area contributed by atoms with Crippen LogP contribution in [0.5, 0.6) is 0 Å². The van der Waals surface area contributed by atoms with Gasteiger partial charge < -0.3 is 4.42 Å². The van der Waals surface area contributed by atoms with Gasteiger partial charge in [-0.3, -0.25) is 0 Å². The van der Waals surface area contributed by atoms with Crippen LogP contribution in [0, 0.1) is 11.3 Å². The van der Waals surface area contributed by atoms with Gasteiger partial charge >= 0.3 is 0 Å². The molecular formula is C18H14N2O3S. The third kappa shape index (κ3) is 3.54. The Morgan fingerprint density at radius 1 is 0.958 bits per heavy atom. The van der Waals surface area contributed by atoms with Crippen LogP contribution in [0.15, 0.2) is 76.4 Å². The molecule has 0 saturated heterocycles. The Hall–Kier alpha value is -2.88. The van der Waals surface area contributed by atoms with Crippen LogP contribution in [0.3, 0.4) is 0 Å². The molecule has 24 heavy (non-hydrogen) atoms. The largest absolute Gasteiger partial charge is 0.472 e. The summed E-state index contributed by atoms with van der Waals surface area (Å²) in [5, 5.41) is 8.75. The Morgan fingerprint density at radius 3 is 2.25 bits per heavy atom. The SMILES string of the molecule is N#Cc1ccc(S(=O)(=O)NCc2ccc(-c3ccoc3)cc2)cc1. The van der Waals surface area contributed by atoms with Crippen molar-refractivity contribution in [3.05, 3.63) is 78.3 Å². The number of hydrogen-bond donors (Lipinski definition) is 1. The molecule has 0 aliphatic rings. The molecular weight excluding hydrogens is 324 g/mol. The lowest BCUT2D eigenvalue weighted by atomic mass is 10.1. The first-order valence-electron chi connectivity index (χ1n) is 7.20. The molecule has 0 atom stereocenters. The summed E-state index contributed by atoms with van der Waals surface area (Å²) in [5.74, 6) is 0. The van der Waals surface area contributed by atoms with Crippen molar-refractivity contribution in [3.8, 4) is 17.2 Å². The summed E-state index contributed by atoms with van der Waals surface area (Å²) in [6.07, 6.45) is 3.26. The number of nitriles is 1. The normalized spacial score (nSPS) is 11.1. The van der Waals surface area contributed by atoms with Crippen molar-refractivity contribution in [2.24, 2.45) is 0 Å². The van der Waals surface area contributed by atoms with Gasteiger partial charge in [0.15, 0.2) is 0 Å². The predicted octanol–water partition coefficient (Wildman–Crippen LogP) is 3.30. The fraction of sp³-hybridized carbons (Fsp3) is 0.0556. The summed E-state index contributed by atoms with van der Waals surface area (Å²) in [6, 6.07) is 17.2. The van der Waals surface area contributed by atoms with Crippen molar-refractivity contribution in [3.63, 3.8) is 0 Å². The lowest BCUT2D eigenvalue weighted by molar-refractivity contribution is 0.568. The molecule has 0 spiro atoms. The maximum absolute atomic E-state index is 12.3. The number of nitrogens with one attached hydrogen (secondary N) is 1. The van der Waals surface area contributed by atoms with Crippen molar-refractivity contribution in [1.29, 1.82) is 5.26 Å². The number of furan rings is 1. The molecule has 0 radical (unpaired) electrons. The van der Waals surface area contributed by atoms with Gasteiger partial charge in [-0.25, -0.2) is 13.1 Å². The van der Waals surface area contributed by atoms with Crippen LogP contribution < -0.4 is 4.72 Å². The van der Waals surface area contributed by atoms with Crippen molar-refractivity contribution in [1.82, 2.24) is 4.72 Å². The Kier molecular flexibility index (Phi) is 4.47. The molecule has 5 nitrogen and oxygen atoms in total. The molecule has 0 amide bonds. The molecule has 1 N–H and O–H groups in total. The van der Waals surface area contributed by atoms with E-state index in [1.165, 1.54) is 24.3 Å². The topological polar surface area (TPSA) is 83.1 Å². The highest BCUT2D eigenvalue weighted by Crippen LogP contribution is 2.20. The van der Waals surface area contributed by atoms with E-state index < -0.39 is 10.0 Å². The molecule has 0 saturated carbocycles. The van der Waals surface area contributed by atoms with Crippen LogP contribution in [0.2, 0.25) is 0 Å². The second kappa shape index (κ2) is 6.71. The van der Waals surface area contributed by atoms with Gasteiger partial charge in [-0.1, -0.05) is 24.3 Å². The maximum atomic E-state index is 12.3. The van der Waals surface area contributed by atoms with Crippen molar-refractivity contribution in [2.45, 2.75) is 11.4 Å². The molecule has 1 aromatic heterocycles. The number of nitrogens with zero attached hydrogens (tertiary/aromatic N) is 1. The summed E-state index contributed by atoms with van der Waals surface area (Å²) in [7, 11) is -3.61. The van der Waals surface area contributed by atoms with Gasteiger partial charge in [0.2, 0.25) is 10.0 Å². The second-order valence-electron chi connectivity index (χ2n) is 5.17. The molecule has 6 heteroatoms. The van der Waals surface area contributed by atoms with Crippen molar-refractivity contribution < 1.29 is 12.8 Å². The average Bonchev–Trinajstić information content (AvgIpc) is 3.15. The highest BCUT2D eigenvalue weighted by molar-refractivity contribution is 7.89. The standard InChI is InChI=1S/C18H14N2O3S/c19-11-14-3-7-18(8-4-14)24(21,22)20-12-15-1-5-16(6-2-15)17-9-10-23-13-17/h1-10,13,20H,12H2. The summed E-state index contributed by atoms with van der Waals surface area (Å²) < 4.78 is 32.1. The van der Waals surface area contributed by atoms with Gasteiger partial charge in [-0.2, -0.15) is 5.26 Å². The summed E-state index contributed by atoms with van der Waals surface area (Å²) >= 11 is 0. The number of benzene rings is 2. The zero-order chi connectivity index (χ0) is 17.0. The molecule has 0 aliphatic heterocycles. The average molecular weight is 338 g/mol. The van der Waals surface area contributed by atoms with Crippen LogP contribution >= 0.6 is 0 Å². The molecule has 0 fully saturated rings. The van der Waals surface area contributed by atoms with Crippen LogP contribution in [0.4, 0.5) is 0 Å². The van der Waals surface area contributed by atoms with Gasteiger partial charge in [0.25, 0.3) is 0 Å². The molecule has 3 aromatic rings. The lowest BCUT2D eigenvalue weighted by Gasteiger charge is -2.07. The fourth-order valence-corrected chi connectivity index (χ4v) is 3.23. The Labute approximate surface area is 140 Å². The molecule has 1 heterocycles. The first kappa shape index (κ1) is 16.0. The van der Waals surface area contributed by atoms with E-state index in [1.807, 2.05) is 36.4 Å². The highest BCUT2D eigenvalue weighted by Gasteiger charge is 2.13. The number of sulfonamides is 1. The fourth-order valence-electron chi connectivity index (χ4n) is 2.21. The maximum Gasteiger partial charge on any atom is 0.240 e. The minimum atomic E-state index is -3.61. The Balaban J connectivity index is 1.69. The van der Waals surface area contributed by atoms with E-state index in [0.717, 1.165) is 16.7 Å². The molecule has 3 rings (SSSR count). The molecule has 0 bridgehead atoms. The first-order valence-corrected chi connectivity index (χ1v) is 8.68. The first-order chi connectivity index (χ1) is 11.6. The second-order valence-corrected chi connectivity index (χ2v) is 6.94. The van der Waals surface area contributed by atoms with E-state index in [2.05, 4.69) is 4.72 Å². The predicted molar refractivity (Wildman–Crippen MR) is 89.3 cm³/mol. The third-order valence-corrected chi connectivity index (χ3v) is 4.99. The van der Waals surface area contributed by atoms with Gasteiger partial charge in [0.05, 0.1) is 29.1 Å². The molecule has 2 aromatic carbocycles. The van der Waals surface area contributed by atoms with Gasteiger partial charge in [0.1, 0.15) is 0 Å². The van der Waals surface area contributed by atoms with E-state index in [1.54, 1.807) is 12.5 Å². The van der Waals surface area contributed by atoms with Gasteiger partial charge in [0, 0.05) is 12.1 Å². The summed E-state index contributed by atoms with van der Waals surface area (Å²) in [4.78, 5) is 0.136. The zero-order valence-electron chi connectivity index (χ0n) is 12.6. The van der Waals surface area contributed by atoms with E-state index in [-0.39, 0.29) is 11.4 Å². The molecule has 120 valence electrons. The number of rotatable bonds is 5. The highest BCUT2D eigenvalue weighted by atomic mass is 32.2. The Morgan fingerprint density at radius 2 is 1.67 bits per heavy atom. The van der Waals surface area contributed by atoms with Crippen LogP contribution in [0.25, 0.3) is 11.1 Å².